The minimum absolute atomic E-state index is 0.0675. The van der Waals surface area contributed by atoms with Crippen LogP contribution in [0.15, 0.2) is 59.6 Å². The van der Waals surface area contributed by atoms with Gasteiger partial charge in [-0.15, -0.1) is 0 Å². The fourth-order valence-corrected chi connectivity index (χ4v) is 4.52. The van der Waals surface area contributed by atoms with Gasteiger partial charge in [-0.05, 0) is 46.9 Å². The predicted molar refractivity (Wildman–Crippen MR) is 105 cm³/mol. The van der Waals surface area contributed by atoms with Crippen molar-refractivity contribution in [2.45, 2.75) is 33.4 Å². The number of aliphatic carboxylic acids is 1. The summed E-state index contributed by atoms with van der Waals surface area (Å²) in [7, 11) is 0. The Balaban J connectivity index is 2.02. The van der Waals surface area contributed by atoms with E-state index in [2.05, 4.69) is 0 Å². The van der Waals surface area contributed by atoms with Crippen LogP contribution in [0.5, 0.6) is 0 Å². The molecule has 0 heterocycles. The number of carbonyl (C=O) groups is 1. The Morgan fingerprint density at radius 1 is 1.14 bits per heavy atom. The van der Waals surface area contributed by atoms with Crippen molar-refractivity contribution < 1.29 is 23.1 Å². The first-order valence-corrected chi connectivity index (χ1v) is 9.60. The molecule has 2 aromatic rings. The molecule has 2 atom stereocenters. The van der Waals surface area contributed by atoms with E-state index in [0.717, 1.165) is 28.3 Å². The first-order valence-electron chi connectivity index (χ1n) is 9.23. The molecule has 0 aromatic heterocycles. The second-order valence-electron chi connectivity index (χ2n) is 8.10. The van der Waals surface area contributed by atoms with Gasteiger partial charge in [0.15, 0.2) is 0 Å². The van der Waals surface area contributed by atoms with Gasteiger partial charge in [-0.25, -0.2) is 0 Å². The van der Waals surface area contributed by atoms with Crippen LogP contribution in [0.2, 0.25) is 0 Å². The number of allylic oxidation sites excluding steroid dienone is 2. The van der Waals surface area contributed by atoms with Gasteiger partial charge < -0.3 is 9.90 Å². The standard InChI is InChI=1S/C23H22ClF3O2/c1-14-16(10-7-11-17(14)15-8-5-4-6-9-15)13-22(20(28)29)18(21(22,2)3)12-19(24)23(25,26)27/h4-12,18H,13H2,1-3H3,(H,28,29)/p-1/b19-12-. The van der Waals surface area contributed by atoms with E-state index in [1.807, 2.05) is 55.5 Å². The van der Waals surface area contributed by atoms with Gasteiger partial charge in [0, 0.05) is 11.4 Å². The molecule has 0 saturated heterocycles. The monoisotopic (exact) mass is 421 g/mol. The van der Waals surface area contributed by atoms with Crippen LogP contribution in [-0.2, 0) is 11.2 Å². The normalized spacial score (nSPS) is 23.7. The van der Waals surface area contributed by atoms with E-state index in [-0.39, 0.29) is 6.42 Å². The van der Waals surface area contributed by atoms with Crippen LogP contribution < -0.4 is 5.11 Å². The second-order valence-corrected chi connectivity index (χ2v) is 8.51. The zero-order valence-electron chi connectivity index (χ0n) is 16.3. The molecule has 0 spiro atoms. The topological polar surface area (TPSA) is 40.1 Å². The fourth-order valence-electron chi connectivity index (χ4n) is 4.39. The summed E-state index contributed by atoms with van der Waals surface area (Å²) in [5, 5.41) is 10.8. The van der Waals surface area contributed by atoms with E-state index in [9.17, 15) is 23.1 Å². The number of benzene rings is 2. The molecule has 2 nitrogen and oxygen atoms in total. The second kappa shape index (κ2) is 7.21. The molecule has 0 radical (unpaired) electrons. The summed E-state index contributed by atoms with van der Waals surface area (Å²) in [5.41, 5.74) is 1.22. The van der Waals surface area contributed by atoms with Gasteiger partial charge >= 0.3 is 6.18 Å². The molecule has 2 aromatic carbocycles. The van der Waals surface area contributed by atoms with Crippen molar-refractivity contribution in [1.82, 2.24) is 0 Å². The summed E-state index contributed by atoms with van der Waals surface area (Å²) in [6.45, 7) is 5.17. The van der Waals surface area contributed by atoms with Crippen molar-refractivity contribution >= 4 is 17.6 Å². The van der Waals surface area contributed by atoms with E-state index >= 15 is 0 Å². The zero-order valence-corrected chi connectivity index (χ0v) is 17.1. The van der Waals surface area contributed by atoms with Crippen LogP contribution in [0.25, 0.3) is 11.1 Å². The van der Waals surface area contributed by atoms with Gasteiger partial charge in [0.2, 0.25) is 0 Å². The van der Waals surface area contributed by atoms with E-state index in [1.54, 1.807) is 13.8 Å². The van der Waals surface area contributed by atoms with Crippen LogP contribution in [0, 0.1) is 23.7 Å². The molecule has 154 valence electrons. The highest BCUT2D eigenvalue weighted by Gasteiger charge is 2.71. The Morgan fingerprint density at radius 3 is 2.31 bits per heavy atom. The van der Waals surface area contributed by atoms with Crippen LogP contribution in [0.3, 0.4) is 0 Å². The molecule has 2 unspecified atom stereocenters. The highest BCUT2D eigenvalue weighted by atomic mass is 35.5. The molecular weight excluding hydrogens is 401 g/mol. The summed E-state index contributed by atoms with van der Waals surface area (Å²) in [5.74, 6) is -2.24. The van der Waals surface area contributed by atoms with E-state index < -0.39 is 33.9 Å². The largest absolute Gasteiger partial charge is 0.549 e. The first-order chi connectivity index (χ1) is 13.4. The van der Waals surface area contributed by atoms with Gasteiger partial charge in [-0.3, -0.25) is 0 Å². The lowest BCUT2D eigenvalue weighted by atomic mass is 9.85. The van der Waals surface area contributed by atoms with Crippen molar-refractivity contribution in [3.63, 3.8) is 0 Å². The lowest BCUT2D eigenvalue weighted by Crippen LogP contribution is -2.38. The highest BCUT2D eigenvalue weighted by Crippen LogP contribution is 2.71. The lowest BCUT2D eigenvalue weighted by molar-refractivity contribution is -0.315. The Hall–Kier alpha value is -2.27. The van der Waals surface area contributed by atoms with Crippen molar-refractivity contribution in [2.24, 2.45) is 16.7 Å². The van der Waals surface area contributed by atoms with E-state index in [4.69, 9.17) is 11.6 Å². The zero-order chi connectivity index (χ0) is 21.6. The molecule has 0 N–H and O–H groups in total. The number of hydrogen-bond acceptors (Lipinski definition) is 2. The maximum Gasteiger partial charge on any atom is 0.426 e. The molecule has 3 rings (SSSR count). The predicted octanol–water partition coefficient (Wildman–Crippen LogP) is 5.28. The number of carboxylic acids is 1. The van der Waals surface area contributed by atoms with Gasteiger partial charge in [0.25, 0.3) is 0 Å². The number of carbonyl (C=O) groups excluding carboxylic acids is 1. The maximum atomic E-state index is 12.9. The summed E-state index contributed by atoms with van der Waals surface area (Å²) in [6, 6.07) is 15.2. The minimum Gasteiger partial charge on any atom is -0.549 e. The molecular formula is C23H21ClF3O2-. The third-order valence-electron chi connectivity index (χ3n) is 6.32. The van der Waals surface area contributed by atoms with Crippen LogP contribution in [-0.4, -0.2) is 12.1 Å². The van der Waals surface area contributed by atoms with Gasteiger partial charge in [-0.2, -0.15) is 13.2 Å². The smallest absolute Gasteiger partial charge is 0.426 e. The number of halogens is 4. The number of rotatable bonds is 5. The van der Waals surface area contributed by atoms with Crippen molar-refractivity contribution in [1.29, 1.82) is 0 Å². The Labute approximate surface area is 173 Å². The van der Waals surface area contributed by atoms with Gasteiger partial charge in [0.05, 0.1) is 0 Å². The molecule has 0 amide bonds. The Bertz CT molecular complexity index is 964. The SMILES string of the molecule is Cc1c(CC2(C(=O)[O-])C(/C=C(\Cl)C(F)(F)F)C2(C)C)cccc1-c1ccccc1. The van der Waals surface area contributed by atoms with Crippen LogP contribution in [0.1, 0.15) is 25.0 Å². The molecule has 29 heavy (non-hydrogen) atoms. The molecule has 1 aliphatic rings. The lowest BCUT2D eigenvalue weighted by Gasteiger charge is -2.24. The number of alkyl halides is 3. The Morgan fingerprint density at radius 2 is 1.76 bits per heavy atom. The maximum absolute atomic E-state index is 12.9. The minimum atomic E-state index is -4.71. The molecule has 6 heteroatoms. The summed E-state index contributed by atoms with van der Waals surface area (Å²) < 4.78 is 38.7. The number of hydrogen-bond donors (Lipinski definition) is 0. The summed E-state index contributed by atoms with van der Waals surface area (Å²) >= 11 is 5.41. The van der Waals surface area contributed by atoms with Gasteiger partial charge in [0.1, 0.15) is 5.03 Å². The average Bonchev–Trinajstić information content (AvgIpc) is 3.11. The third kappa shape index (κ3) is 3.57. The first kappa shape index (κ1) is 21.4. The molecule has 0 aliphatic heterocycles. The van der Waals surface area contributed by atoms with Crippen molar-refractivity contribution in [3.05, 3.63) is 70.8 Å². The van der Waals surface area contributed by atoms with Crippen LogP contribution in [0.4, 0.5) is 13.2 Å². The average molecular weight is 422 g/mol. The van der Waals surface area contributed by atoms with E-state index in [0.29, 0.717) is 0 Å². The van der Waals surface area contributed by atoms with Crippen molar-refractivity contribution in [2.75, 3.05) is 0 Å². The van der Waals surface area contributed by atoms with Crippen LogP contribution >= 0.6 is 11.6 Å². The van der Waals surface area contributed by atoms with Crippen molar-refractivity contribution in [3.8, 4) is 11.1 Å². The summed E-state index contributed by atoms with van der Waals surface area (Å²) in [6.07, 6.45) is -3.81. The highest BCUT2D eigenvalue weighted by molar-refractivity contribution is 6.30. The van der Waals surface area contributed by atoms with E-state index in [1.165, 1.54) is 0 Å². The third-order valence-corrected chi connectivity index (χ3v) is 6.66. The molecule has 1 fully saturated rings. The molecule has 1 aliphatic carbocycles. The van der Waals surface area contributed by atoms with Gasteiger partial charge in [-0.1, -0.05) is 80.1 Å². The fraction of sp³-hybridized carbons (Fsp3) is 0.348. The summed E-state index contributed by atoms with van der Waals surface area (Å²) in [4.78, 5) is 12.1. The quantitative estimate of drug-likeness (QED) is 0.658. The Kier molecular flexibility index (Phi) is 5.33. The number of carboxylic acid groups (broad SMARTS) is 1. The molecule has 0 bridgehead atoms. The molecule has 1 saturated carbocycles.